The molecule has 0 fully saturated rings. The van der Waals surface area contributed by atoms with E-state index in [0.717, 1.165) is 24.2 Å². The van der Waals surface area contributed by atoms with Crippen LogP contribution in [-0.4, -0.2) is 30.9 Å². The number of aromatic nitrogens is 2. The van der Waals surface area contributed by atoms with Crippen LogP contribution in [0.3, 0.4) is 0 Å². The summed E-state index contributed by atoms with van der Waals surface area (Å²) in [6.07, 6.45) is 10.5. The van der Waals surface area contributed by atoms with E-state index in [-0.39, 0.29) is 0 Å². The molecule has 0 aromatic carbocycles. The van der Waals surface area contributed by atoms with Crippen molar-refractivity contribution in [1.29, 1.82) is 0 Å². The quantitative estimate of drug-likeness (QED) is 0.322. The highest BCUT2D eigenvalue weighted by Crippen LogP contribution is 2.22. The first-order chi connectivity index (χ1) is 12.2. The molecule has 2 radical (unpaired) electrons. The van der Waals surface area contributed by atoms with Gasteiger partial charge in [-0.2, -0.15) is 0 Å². The second-order valence-corrected chi connectivity index (χ2v) is 7.08. The summed E-state index contributed by atoms with van der Waals surface area (Å²) in [5, 5.41) is 0. The first-order valence-electron chi connectivity index (χ1n) is 9.08. The maximum atomic E-state index is 6.09. The minimum Gasteiger partial charge on any atom is -0.361 e. The lowest BCUT2D eigenvalue weighted by Gasteiger charge is -2.32. The average molecular weight is 354 g/mol. The Balaban J connectivity index is 1.89. The number of unbranched alkanes of at least 4 members (excludes halogenated alkanes) is 4. The van der Waals surface area contributed by atoms with Gasteiger partial charge in [0.25, 0.3) is 0 Å². The van der Waals surface area contributed by atoms with E-state index in [9.17, 15) is 0 Å². The van der Waals surface area contributed by atoms with E-state index in [4.69, 9.17) is 9.47 Å². The van der Waals surface area contributed by atoms with E-state index < -0.39 is 4.65 Å². The lowest BCUT2D eigenvalue weighted by molar-refractivity contribution is -0.197. The van der Waals surface area contributed by atoms with Crippen molar-refractivity contribution in [3.8, 4) is 0 Å². The highest BCUT2D eigenvalue weighted by molar-refractivity contribution is 6.13. The maximum absolute atomic E-state index is 6.09. The molecule has 0 amide bonds. The number of hydrogen-bond donors (Lipinski definition) is 0. The zero-order valence-corrected chi connectivity index (χ0v) is 16.2. The van der Waals surface area contributed by atoms with Crippen LogP contribution < -0.4 is 0 Å². The van der Waals surface area contributed by atoms with Gasteiger partial charge in [-0.15, -0.1) is 0 Å². The van der Waals surface area contributed by atoms with Crippen LogP contribution in [0.25, 0.3) is 0 Å². The molecular formula is C20H27AlN2O2. The Hall–Kier alpha value is -1.25. The molecule has 5 heteroatoms. The molecule has 25 heavy (non-hydrogen) atoms. The molecule has 0 unspecified atom stereocenters. The number of hydrogen-bond acceptors (Lipinski definition) is 4. The fourth-order valence-electron chi connectivity index (χ4n) is 2.52. The third-order valence-electron chi connectivity index (χ3n) is 4.01. The molecule has 0 spiro atoms. The minimum atomic E-state index is -0.707. The molecule has 2 aromatic rings. The lowest BCUT2D eigenvalue weighted by atomic mass is 10.1. The number of pyridine rings is 2. The van der Waals surface area contributed by atoms with E-state index >= 15 is 0 Å². The van der Waals surface area contributed by atoms with Crippen LogP contribution in [0.1, 0.15) is 56.8 Å². The summed E-state index contributed by atoms with van der Waals surface area (Å²) in [5.74, 6) is 0. The van der Waals surface area contributed by atoms with E-state index in [1.807, 2.05) is 36.4 Å². The van der Waals surface area contributed by atoms with Crippen molar-refractivity contribution < 1.29 is 9.47 Å². The SMILES string of the molecule is CCCCCCC[C]([Al])(OCc1ccccn1)OCc1ccccn1. The zero-order chi connectivity index (χ0) is 17.8. The van der Waals surface area contributed by atoms with Crippen LogP contribution in [0.4, 0.5) is 0 Å². The normalized spacial score (nSPS) is 11.6. The van der Waals surface area contributed by atoms with Crippen molar-refractivity contribution >= 4 is 16.3 Å². The number of rotatable bonds is 12. The molecule has 0 aliphatic rings. The first kappa shape index (κ1) is 20.1. The summed E-state index contributed by atoms with van der Waals surface area (Å²) in [6.45, 7) is 3.09. The van der Waals surface area contributed by atoms with Crippen molar-refractivity contribution in [2.75, 3.05) is 0 Å². The molecule has 0 bridgehead atoms. The Morgan fingerprint density at radius 2 is 1.40 bits per heavy atom. The second-order valence-electron chi connectivity index (χ2n) is 6.20. The molecule has 0 aliphatic carbocycles. The monoisotopic (exact) mass is 354 g/mol. The smallest absolute Gasteiger partial charge is 0.225 e. The van der Waals surface area contributed by atoms with Gasteiger partial charge >= 0.3 is 0 Å². The topological polar surface area (TPSA) is 44.2 Å². The molecule has 0 aliphatic heterocycles. The van der Waals surface area contributed by atoms with E-state index in [1.165, 1.54) is 25.7 Å². The summed E-state index contributed by atoms with van der Waals surface area (Å²) < 4.78 is 11.5. The van der Waals surface area contributed by atoms with Gasteiger partial charge in [-0.1, -0.05) is 44.7 Å². The zero-order valence-electron chi connectivity index (χ0n) is 15.1. The van der Waals surface area contributed by atoms with Gasteiger partial charge in [-0.05, 0) is 37.1 Å². The van der Waals surface area contributed by atoms with E-state index in [1.54, 1.807) is 12.4 Å². The molecule has 2 aromatic heterocycles. The third kappa shape index (κ3) is 8.11. The van der Waals surface area contributed by atoms with Crippen LogP contribution >= 0.6 is 0 Å². The number of nitrogens with zero attached hydrogens (tertiary/aromatic N) is 2. The maximum Gasteiger partial charge on any atom is 0.225 e. The fourth-order valence-corrected chi connectivity index (χ4v) is 2.89. The predicted octanol–water partition coefficient (Wildman–Crippen LogP) is 4.39. The average Bonchev–Trinajstić information content (AvgIpc) is 2.67. The lowest BCUT2D eigenvalue weighted by Crippen LogP contribution is -2.36. The van der Waals surface area contributed by atoms with Crippen molar-refractivity contribution in [2.45, 2.75) is 63.3 Å². The third-order valence-corrected chi connectivity index (χ3v) is 4.63. The summed E-state index contributed by atoms with van der Waals surface area (Å²) in [4.78, 5) is 8.64. The van der Waals surface area contributed by atoms with E-state index in [2.05, 4.69) is 33.2 Å². The Kier molecular flexibility index (Phi) is 9.14. The van der Waals surface area contributed by atoms with Gasteiger partial charge in [-0.25, -0.2) is 0 Å². The highest BCUT2D eigenvalue weighted by Gasteiger charge is 2.24. The summed E-state index contributed by atoms with van der Waals surface area (Å²) >= 11 is 2.76. The molecular weight excluding hydrogens is 327 g/mol. The molecule has 2 heterocycles. The van der Waals surface area contributed by atoms with Gasteiger partial charge < -0.3 is 9.47 Å². The summed E-state index contributed by atoms with van der Waals surface area (Å²) in [5.41, 5.74) is 1.81. The first-order valence-corrected chi connectivity index (χ1v) is 9.66. The van der Waals surface area contributed by atoms with Gasteiger partial charge in [0.05, 0.1) is 29.3 Å². The Morgan fingerprint density at radius 1 is 0.840 bits per heavy atom. The Morgan fingerprint density at radius 3 is 1.88 bits per heavy atom. The second kappa shape index (κ2) is 11.4. The fraction of sp³-hybridized carbons (Fsp3) is 0.500. The minimum absolute atomic E-state index is 0.432. The molecule has 0 N–H and O–H groups in total. The van der Waals surface area contributed by atoms with Crippen LogP contribution in [0.2, 0.25) is 0 Å². The van der Waals surface area contributed by atoms with Crippen molar-refractivity contribution in [3.63, 3.8) is 0 Å². The van der Waals surface area contributed by atoms with Crippen molar-refractivity contribution in [1.82, 2.24) is 9.97 Å². The Labute approximate surface area is 159 Å². The molecule has 2 rings (SSSR count). The molecule has 0 atom stereocenters. The van der Waals surface area contributed by atoms with Gasteiger partial charge in [0.1, 0.15) is 0 Å². The molecule has 0 saturated carbocycles. The molecule has 132 valence electrons. The number of ether oxygens (including phenoxy) is 2. The van der Waals surface area contributed by atoms with Crippen molar-refractivity contribution in [3.05, 3.63) is 60.2 Å². The van der Waals surface area contributed by atoms with Gasteiger partial charge in [-0.3, -0.25) is 9.97 Å². The largest absolute Gasteiger partial charge is 0.361 e. The van der Waals surface area contributed by atoms with Crippen LogP contribution in [0, 0.1) is 0 Å². The molecule has 0 saturated heterocycles. The van der Waals surface area contributed by atoms with Gasteiger partial charge in [0.2, 0.25) is 16.3 Å². The summed E-state index contributed by atoms with van der Waals surface area (Å²) in [7, 11) is 0. The van der Waals surface area contributed by atoms with Crippen molar-refractivity contribution in [2.24, 2.45) is 0 Å². The molecule has 4 nitrogen and oxygen atoms in total. The summed E-state index contributed by atoms with van der Waals surface area (Å²) in [6, 6.07) is 11.7. The van der Waals surface area contributed by atoms with Gasteiger partial charge in [0, 0.05) is 12.4 Å². The van der Waals surface area contributed by atoms with Gasteiger partial charge in [0.15, 0.2) is 0 Å². The van der Waals surface area contributed by atoms with E-state index in [0.29, 0.717) is 13.2 Å². The highest BCUT2D eigenvalue weighted by atomic mass is 27.0. The predicted molar refractivity (Wildman–Crippen MR) is 99.9 cm³/mol. The standard InChI is InChI=1S/C20H27N2O2.Al/c1-2-3-4-5-6-13-20(23-16-18-11-7-9-14-21-18)24-17-19-12-8-10-15-22-19;/h7-12,14-15H,2-6,13,16-17H2,1H3;. The van der Waals surface area contributed by atoms with Crippen LogP contribution in [0.5, 0.6) is 0 Å². The Bertz CT molecular complexity index is 537. The van der Waals surface area contributed by atoms with Crippen LogP contribution in [-0.2, 0) is 22.7 Å². The van der Waals surface area contributed by atoms with Crippen LogP contribution in [0.15, 0.2) is 48.8 Å².